The third-order valence-electron chi connectivity index (χ3n) is 3.32. The van der Waals surface area contributed by atoms with Crippen LogP contribution in [0.25, 0.3) is 0 Å². The number of hydrogen-bond acceptors (Lipinski definition) is 4. The van der Waals surface area contributed by atoms with Crippen molar-refractivity contribution in [1.82, 2.24) is 14.7 Å². The number of aromatic nitrogens is 2. The van der Waals surface area contributed by atoms with Gasteiger partial charge in [-0.05, 0) is 19.5 Å². The molecule has 4 nitrogen and oxygen atoms in total. The minimum absolute atomic E-state index is 0.113. The maximum absolute atomic E-state index is 12.1. The number of aryl methyl sites for hydroxylation is 2. The summed E-state index contributed by atoms with van der Waals surface area (Å²) in [5, 5.41) is 4.11. The number of carbonyl (C=O) groups excluding carboxylic acids is 1. The van der Waals surface area contributed by atoms with Gasteiger partial charge in [0.1, 0.15) is 0 Å². The Morgan fingerprint density at radius 3 is 3.06 bits per heavy atom. The fourth-order valence-corrected chi connectivity index (χ4v) is 3.34. The summed E-state index contributed by atoms with van der Waals surface area (Å²) < 4.78 is 1.84. The molecule has 2 rings (SSSR count). The van der Waals surface area contributed by atoms with Gasteiger partial charge in [-0.25, -0.2) is 0 Å². The van der Waals surface area contributed by atoms with Gasteiger partial charge in [0.25, 0.3) is 0 Å². The zero-order valence-corrected chi connectivity index (χ0v) is 11.2. The molecule has 0 aromatic carbocycles. The van der Waals surface area contributed by atoms with Crippen molar-refractivity contribution in [2.45, 2.75) is 18.9 Å². The van der Waals surface area contributed by atoms with Crippen molar-refractivity contribution < 1.29 is 4.79 Å². The Bertz CT molecular complexity index is 391. The molecule has 1 aromatic rings. The van der Waals surface area contributed by atoms with E-state index in [4.69, 9.17) is 0 Å². The molecule has 0 saturated carbocycles. The average Bonchev–Trinajstić information content (AvgIpc) is 2.72. The molecule has 0 radical (unpaired) electrons. The van der Waals surface area contributed by atoms with Gasteiger partial charge in [0.05, 0.1) is 6.04 Å². The summed E-state index contributed by atoms with van der Waals surface area (Å²) in [6.45, 7) is 1.02. The van der Waals surface area contributed by atoms with Crippen molar-refractivity contribution in [3.05, 3.63) is 18.0 Å². The number of rotatable bonds is 4. The average molecular weight is 253 g/mol. The summed E-state index contributed by atoms with van der Waals surface area (Å²) >= 11 is 1.88. The van der Waals surface area contributed by atoms with Crippen LogP contribution < -0.4 is 0 Å². The molecule has 5 heteroatoms. The second kappa shape index (κ2) is 5.69. The van der Waals surface area contributed by atoms with Crippen LogP contribution in [0.2, 0.25) is 0 Å². The highest BCUT2D eigenvalue weighted by molar-refractivity contribution is 7.99. The molecule has 0 amide bonds. The summed E-state index contributed by atoms with van der Waals surface area (Å²) in [5.74, 6) is 2.45. The molecule has 1 aliphatic rings. The van der Waals surface area contributed by atoms with E-state index in [-0.39, 0.29) is 6.04 Å². The summed E-state index contributed by atoms with van der Waals surface area (Å²) in [6, 6.07) is 2.09. The van der Waals surface area contributed by atoms with Gasteiger partial charge in [-0.2, -0.15) is 16.9 Å². The van der Waals surface area contributed by atoms with Gasteiger partial charge in [0.15, 0.2) is 5.78 Å². The topological polar surface area (TPSA) is 38.1 Å². The fourth-order valence-electron chi connectivity index (χ4n) is 2.09. The zero-order chi connectivity index (χ0) is 12.3. The van der Waals surface area contributed by atoms with Crippen molar-refractivity contribution in [1.29, 1.82) is 0 Å². The normalized spacial score (nSPS) is 21.6. The molecule has 0 N–H and O–H groups in total. The molecule has 1 fully saturated rings. The highest BCUT2D eigenvalue weighted by Crippen LogP contribution is 2.17. The molecule has 1 unspecified atom stereocenters. The number of likely N-dealkylation sites (N-methyl/N-ethyl adjacent to an activating group) is 1. The summed E-state index contributed by atoms with van der Waals surface area (Å²) in [7, 11) is 3.97. The monoisotopic (exact) mass is 253 g/mol. The third-order valence-corrected chi connectivity index (χ3v) is 4.34. The number of nitrogens with zero attached hydrogens (tertiary/aromatic N) is 3. The van der Waals surface area contributed by atoms with Crippen LogP contribution in [-0.2, 0) is 18.3 Å². The van der Waals surface area contributed by atoms with Gasteiger partial charge in [0, 0.05) is 43.4 Å². The highest BCUT2D eigenvalue weighted by Gasteiger charge is 2.25. The van der Waals surface area contributed by atoms with Crippen LogP contribution >= 0.6 is 11.8 Å². The van der Waals surface area contributed by atoms with Gasteiger partial charge >= 0.3 is 0 Å². The van der Waals surface area contributed by atoms with E-state index in [1.165, 1.54) is 0 Å². The summed E-state index contributed by atoms with van der Waals surface area (Å²) in [5.41, 5.74) is 1.13. The lowest BCUT2D eigenvalue weighted by molar-refractivity contribution is -0.123. The molecular weight excluding hydrogens is 234 g/mol. The molecule has 17 heavy (non-hydrogen) atoms. The number of thioether (sulfide) groups is 1. The molecule has 0 bridgehead atoms. The Hall–Kier alpha value is -0.810. The Morgan fingerprint density at radius 2 is 2.41 bits per heavy atom. The first-order valence-corrected chi connectivity index (χ1v) is 7.11. The summed E-state index contributed by atoms with van der Waals surface area (Å²) in [4.78, 5) is 14.3. The van der Waals surface area contributed by atoms with Gasteiger partial charge < -0.3 is 0 Å². The number of hydrogen-bond donors (Lipinski definition) is 0. The standard InChI is InChI=1S/C12H19N3OS/c1-14-7-8-17-9-11(14)12(16)4-3-10-5-6-13-15(10)2/h5-6,11H,3-4,7-9H2,1-2H3. The molecule has 1 atom stereocenters. The van der Waals surface area contributed by atoms with Crippen molar-refractivity contribution in [3.8, 4) is 0 Å². The van der Waals surface area contributed by atoms with Gasteiger partial charge in [0.2, 0.25) is 0 Å². The fraction of sp³-hybridized carbons (Fsp3) is 0.667. The van der Waals surface area contributed by atoms with Crippen molar-refractivity contribution in [3.63, 3.8) is 0 Å². The molecule has 0 aliphatic carbocycles. The lowest BCUT2D eigenvalue weighted by Gasteiger charge is -2.30. The lowest BCUT2D eigenvalue weighted by Crippen LogP contribution is -2.44. The smallest absolute Gasteiger partial charge is 0.151 e. The van der Waals surface area contributed by atoms with Crippen LogP contribution in [0.5, 0.6) is 0 Å². The van der Waals surface area contributed by atoms with E-state index in [9.17, 15) is 4.79 Å². The second-order valence-electron chi connectivity index (χ2n) is 4.48. The van der Waals surface area contributed by atoms with E-state index < -0.39 is 0 Å². The maximum atomic E-state index is 12.1. The molecule has 1 saturated heterocycles. The van der Waals surface area contributed by atoms with Crippen molar-refractivity contribution in [2.24, 2.45) is 7.05 Å². The highest BCUT2D eigenvalue weighted by atomic mass is 32.2. The molecule has 0 spiro atoms. The second-order valence-corrected chi connectivity index (χ2v) is 5.63. The Morgan fingerprint density at radius 1 is 1.59 bits per heavy atom. The first-order chi connectivity index (χ1) is 8.18. The first kappa shape index (κ1) is 12.6. The molecule has 94 valence electrons. The van der Waals surface area contributed by atoms with Crippen LogP contribution in [0.4, 0.5) is 0 Å². The van der Waals surface area contributed by atoms with Crippen molar-refractivity contribution in [2.75, 3.05) is 25.1 Å². The van der Waals surface area contributed by atoms with Crippen LogP contribution in [0.1, 0.15) is 12.1 Å². The summed E-state index contributed by atoms with van der Waals surface area (Å²) in [6.07, 6.45) is 3.20. The Labute approximate surface area is 106 Å². The SMILES string of the molecule is CN1CCSCC1C(=O)CCc1ccnn1C. The van der Waals surface area contributed by atoms with Crippen LogP contribution in [-0.4, -0.2) is 51.6 Å². The largest absolute Gasteiger partial charge is 0.298 e. The first-order valence-electron chi connectivity index (χ1n) is 5.96. The van der Waals surface area contributed by atoms with Crippen molar-refractivity contribution >= 4 is 17.5 Å². The predicted molar refractivity (Wildman–Crippen MR) is 70.3 cm³/mol. The maximum Gasteiger partial charge on any atom is 0.151 e. The van der Waals surface area contributed by atoms with E-state index in [1.807, 2.05) is 36.6 Å². The number of Topliss-reactive ketones (excluding diaryl/α,β-unsaturated/α-hetero) is 1. The van der Waals surface area contributed by atoms with Crippen LogP contribution in [0, 0.1) is 0 Å². The quantitative estimate of drug-likeness (QED) is 0.801. The molecule has 1 aliphatic heterocycles. The molecular formula is C12H19N3OS. The molecule has 2 heterocycles. The minimum Gasteiger partial charge on any atom is -0.298 e. The minimum atomic E-state index is 0.113. The third kappa shape index (κ3) is 3.10. The van der Waals surface area contributed by atoms with Gasteiger partial charge in [-0.1, -0.05) is 0 Å². The van der Waals surface area contributed by atoms with Gasteiger partial charge in [-0.3, -0.25) is 14.4 Å². The van der Waals surface area contributed by atoms with E-state index >= 15 is 0 Å². The number of carbonyl (C=O) groups is 1. The van der Waals surface area contributed by atoms with E-state index in [0.29, 0.717) is 12.2 Å². The van der Waals surface area contributed by atoms with E-state index in [0.717, 1.165) is 30.2 Å². The zero-order valence-electron chi connectivity index (χ0n) is 10.4. The van der Waals surface area contributed by atoms with E-state index in [1.54, 1.807) is 6.20 Å². The van der Waals surface area contributed by atoms with Crippen LogP contribution in [0.15, 0.2) is 12.3 Å². The lowest BCUT2D eigenvalue weighted by atomic mass is 10.1. The van der Waals surface area contributed by atoms with Crippen LogP contribution in [0.3, 0.4) is 0 Å². The Balaban J connectivity index is 1.86. The Kier molecular flexibility index (Phi) is 4.23. The molecule has 1 aromatic heterocycles. The van der Waals surface area contributed by atoms with Gasteiger partial charge in [-0.15, -0.1) is 0 Å². The number of ketones is 1. The predicted octanol–water partition coefficient (Wildman–Crippen LogP) is 0.969. The van der Waals surface area contributed by atoms with E-state index in [2.05, 4.69) is 10.00 Å².